The third-order valence-corrected chi connectivity index (χ3v) is 3.25. The number of hydrogen-bond acceptors (Lipinski definition) is 7. The third-order valence-electron chi connectivity index (χ3n) is 3.25. The Morgan fingerprint density at radius 2 is 1.65 bits per heavy atom. The molecule has 0 aliphatic heterocycles. The van der Waals surface area contributed by atoms with Crippen molar-refractivity contribution in [3.63, 3.8) is 0 Å². The predicted molar refractivity (Wildman–Crippen MR) is 69.5 cm³/mol. The monoisotopic (exact) mass is 292 g/mol. The fourth-order valence-corrected chi connectivity index (χ4v) is 1.74. The minimum atomic E-state index is -1.46. The second kappa shape index (κ2) is 9.82. The van der Waals surface area contributed by atoms with E-state index in [4.69, 9.17) is 10.2 Å². The molecule has 0 radical (unpaired) electrons. The second-order valence-corrected chi connectivity index (χ2v) is 4.88. The highest BCUT2D eigenvalue weighted by Crippen LogP contribution is 2.25. The van der Waals surface area contributed by atoms with Crippen LogP contribution in [0.15, 0.2) is 0 Å². The molecule has 0 bridgehead atoms. The summed E-state index contributed by atoms with van der Waals surface area (Å²) in [5, 5.41) is 36.2. The Morgan fingerprint density at radius 3 is 2.05 bits per heavy atom. The molecule has 7 nitrogen and oxygen atoms in total. The number of aliphatic hydroxyl groups excluding tert-OH is 4. The summed E-state index contributed by atoms with van der Waals surface area (Å²) in [6.07, 6.45) is 0.818. The SMILES string of the molecule is CCCC(CO)(CO)C(=O)OC(=O)CCC(CO)CO. The summed E-state index contributed by atoms with van der Waals surface area (Å²) in [7, 11) is 0. The molecule has 20 heavy (non-hydrogen) atoms. The van der Waals surface area contributed by atoms with E-state index < -0.39 is 36.5 Å². The molecule has 0 heterocycles. The standard InChI is InChI=1S/C13H24O7/c1-2-5-13(8-16,9-17)12(19)20-11(18)4-3-10(6-14)7-15/h10,14-17H,2-9H2,1H3. The van der Waals surface area contributed by atoms with Crippen LogP contribution in [0.25, 0.3) is 0 Å². The summed E-state index contributed by atoms with van der Waals surface area (Å²) in [6.45, 7) is 0.0660. The minimum absolute atomic E-state index is 0.128. The summed E-state index contributed by atoms with van der Waals surface area (Å²) in [5.41, 5.74) is -1.46. The molecule has 0 spiro atoms. The molecule has 7 heteroatoms. The Kier molecular flexibility index (Phi) is 9.32. The molecule has 0 saturated heterocycles. The molecule has 0 aromatic heterocycles. The lowest BCUT2D eigenvalue weighted by Crippen LogP contribution is -2.41. The van der Waals surface area contributed by atoms with Crippen LogP contribution in [0.4, 0.5) is 0 Å². The molecule has 0 rings (SSSR count). The highest BCUT2D eigenvalue weighted by molar-refractivity contribution is 5.89. The topological polar surface area (TPSA) is 124 Å². The van der Waals surface area contributed by atoms with Crippen LogP contribution in [0.2, 0.25) is 0 Å². The highest BCUT2D eigenvalue weighted by atomic mass is 16.6. The van der Waals surface area contributed by atoms with E-state index in [1.54, 1.807) is 6.92 Å². The first-order valence-corrected chi connectivity index (χ1v) is 6.68. The number of rotatable bonds is 10. The molecule has 0 aliphatic rings. The van der Waals surface area contributed by atoms with E-state index in [-0.39, 0.29) is 32.5 Å². The zero-order chi connectivity index (χ0) is 15.6. The van der Waals surface area contributed by atoms with Crippen LogP contribution in [-0.2, 0) is 14.3 Å². The van der Waals surface area contributed by atoms with Crippen molar-refractivity contribution in [2.24, 2.45) is 11.3 Å². The van der Waals surface area contributed by atoms with Gasteiger partial charge < -0.3 is 25.2 Å². The van der Waals surface area contributed by atoms with Crippen LogP contribution in [-0.4, -0.2) is 58.8 Å². The molecule has 0 atom stereocenters. The lowest BCUT2D eigenvalue weighted by Gasteiger charge is -2.26. The Bertz CT molecular complexity index is 295. The molecular weight excluding hydrogens is 268 g/mol. The fraction of sp³-hybridized carbons (Fsp3) is 0.846. The van der Waals surface area contributed by atoms with Crippen molar-refractivity contribution in [1.29, 1.82) is 0 Å². The van der Waals surface area contributed by atoms with Crippen molar-refractivity contribution in [3.8, 4) is 0 Å². The quantitative estimate of drug-likeness (QED) is 0.307. The number of hydrogen-bond donors (Lipinski definition) is 4. The fourth-order valence-electron chi connectivity index (χ4n) is 1.74. The van der Waals surface area contributed by atoms with Gasteiger partial charge in [0.05, 0.1) is 13.2 Å². The normalized spacial score (nSPS) is 11.7. The van der Waals surface area contributed by atoms with E-state index in [1.807, 2.05) is 0 Å². The average molecular weight is 292 g/mol. The van der Waals surface area contributed by atoms with E-state index in [0.717, 1.165) is 0 Å². The summed E-state index contributed by atoms with van der Waals surface area (Å²) >= 11 is 0. The molecule has 0 aromatic rings. The van der Waals surface area contributed by atoms with Crippen LogP contribution in [0, 0.1) is 11.3 Å². The van der Waals surface area contributed by atoms with Crippen LogP contribution in [0.5, 0.6) is 0 Å². The molecular formula is C13H24O7. The molecule has 0 amide bonds. The molecule has 0 aromatic carbocycles. The van der Waals surface area contributed by atoms with E-state index in [0.29, 0.717) is 6.42 Å². The maximum absolute atomic E-state index is 11.8. The molecule has 0 aliphatic carbocycles. The van der Waals surface area contributed by atoms with E-state index >= 15 is 0 Å². The summed E-state index contributed by atoms with van der Waals surface area (Å²) < 4.78 is 4.63. The average Bonchev–Trinajstić information content (AvgIpc) is 2.45. The summed E-state index contributed by atoms with van der Waals surface area (Å²) in [5.74, 6) is -2.18. The van der Waals surface area contributed by atoms with Gasteiger partial charge in [-0.25, -0.2) is 0 Å². The van der Waals surface area contributed by atoms with Gasteiger partial charge in [-0.1, -0.05) is 13.3 Å². The number of esters is 2. The van der Waals surface area contributed by atoms with Gasteiger partial charge in [-0.2, -0.15) is 0 Å². The van der Waals surface area contributed by atoms with E-state index in [2.05, 4.69) is 4.74 Å². The largest absolute Gasteiger partial charge is 0.396 e. The second-order valence-electron chi connectivity index (χ2n) is 4.88. The van der Waals surface area contributed by atoms with Gasteiger partial charge in [0.1, 0.15) is 5.41 Å². The summed E-state index contributed by atoms with van der Waals surface area (Å²) in [6, 6.07) is 0. The van der Waals surface area contributed by atoms with E-state index in [9.17, 15) is 19.8 Å². The molecule has 4 N–H and O–H groups in total. The van der Waals surface area contributed by atoms with Crippen LogP contribution in [0.1, 0.15) is 32.6 Å². The van der Waals surface area contributed by atoms with Gasteiger partial charge in [-0.3, -0.25) is 9.59 Å². The maximum atomic E-state index is 11.8. The van der Waals surface area contributed by atoms with Crippen molar-refractivity contribution in [2.75, 3.05) is 26.4 Å². The number of ether oxygens (including phenoxy) is 1. The Morgan fingerprint density at radius 1 is 1.10 bits per heavy atom. The van der Waals surface area contributed by atoms with Crippen molar-refractivity contribution in [2.45, 2.75) is 32.6 Å². The van der Waals surface area contributed by atoms with Crippen molar-refractivity contribution in [1.82, 2.24) is 0 Å². The van der Waals surface area contributed by atoms with Gasteiger partial charge in [0, 0.05) is 25.6 Å². The highest BCUT2D eigenvalue weighted by Gasteiger charge is 2.39. The van der Waals surface area contributed by atoms with Crippen molar-refractivity contribution in [3.05, 3.63) is 0 Å². The lowest BCUT2D eigenvalue weighted by atomic mass is 9.85. The number of carbonyl (C=O) groups is 2. The Balaban J connectivity index is 4.45. The van der Waals surface area contributed by atoms with Gasteiger partial charge in [0.2, 0.25) is 0 Å². The van der Waals surface area contributed by atoms with Gasteiger partial charge >= 0.3 is 11.9 Å². The molecule has 0 saturated carbocycles. The number of carbonyl (C=O) groups excluding carboxylic acids is 2. The molecule has 0 fully saturated rings. The number of aliphatic hydroxyl groups is 4. The van der Waals surface area contributed by atoms with Crippen molar-refractivity contribution >= 4 is 11.9 Å². The zero-order valence-corrected chi connectivity index (χ0v) is 11.7. The Labute approximate surface area is 118 Å². The maximum Gasteiger partial charge on any atom is 0.324 e. The van der Waals surface area contributed by atoms with Gasteiger partial charge in [-0.05, 0) is 12.8 Å². The minimum Gasteiger partial charge on any atom is -0.396 e. The third kappa shape index (κ3) is 5.54. The Hall–Kier alpha value is -1.02. The van der Waals surface area contributed by atoms with Gasteiger partial charge in [0.25, 0.3) is 0 Å². The smallest absolute Gasteiger partial charge is 0.324 e. The first kappa shape index (κ1) is 19.0. The first-order valence-electron chi connectivity index (χ1n) is 6.68. The summed E-state index contributed by atoms with van der Waals surface area (Å²) in [4.78, 5) is 23.4. The molecule has 0 unspecified atom stereocenters. The van der Waals surface area contributed by atoms with Crippen LogP contribution >= 0.6 is 0 Å². The predicted octanol–water partition coefficient (Wildman–Crippen LogP) is -0.792. The lowest BCUT2D eigenvalue weighted by molar-refractivity contribution is -0.172. The van der Waals surface area contributed by atoms with Gasteiger partial charge in [0.15, 0.2) is 0 Å². The molecule has 118 valence electrons. The van der Waals surface area contributed by atoms with Gasteiger partial charge in [-0.15, -0.1) is 0 Å². The zero-order valence-electron chi connectivity index (χ0n) is 11.7. The first-order chi connectivity index (χ1) is 9.49. The van der Waals surface area contributed by atoms with Crippen molar-refractivity contribution < 1.29 is 34.8 Å². The van der Waals surface area contributed by atoms with Crippen LogP contribution < -0.4 is 0 Å². The van der Waals surface area contributed by atoms with E-state index in [1.165, 1.54) is 0 Å². The van der Waals surface area contributed by atoms with Crippen LogP contribution in [0.3, 0.4) is 0 Å².